The monoisotopic (exact) mass is 253 g/mol. The Hall–Kier alpha value is -1.58. The van der Waals surface area contributed by atoms with E-state index >= 15 is 0 Å². The zero-order valence-corrected chi connectivity index (χ0v) is 11.1. The maximum absolute atomic E-state index is 13.5. The highest BCUT2D eigenvalue weighted by atomic mass is 19.1. The molecular weight excluding hydrogens is 233 g/mol. The minimum atomic E-state index is -0.357. The number of benzene rings is 1. The van der Waals surface area contributed by atoms with Gasteiger partial charge >= 0.3 is 0 Å². The molecule has 0 radical (unpaired) electrons. The second kappa shape index (κ2) is 6.99. The second-order valence-corrected chi connectivity index (χ2v) is 4.39. The first kappa shape index (κ1) is 14.5. The zero-order valence-electron chi connectivity index (χ0n) is 11.1. The van der Waals surface area contributed by atoms with Gasteiger partial charge in [-0.05, 0) is 31.0 Å². The molecule has 0 aliphatic rings. The first-order chi connectivity index (χ1) is 8.54. The van der Waals surface area contributed by atoms with E-state index in [2.05, 4.69) is 5.32 Å². The van der Waals surface area contributed by atoms with Gasteiger partial charge in [-0.1, -0.05) is 19.9 Å². The molecule has 100 valence electrons. The molecule has 0 spiro atoms. The predicted molar refractivity (Wildman–Crippen MR) is 69.1 cm³/mol. The fourth-order valence-corrected chi connectivity index (χ4v) is 1.51. The normalized spacial score (nSPS) is 10.5. The summed E-state index contributed by atoms with van der Waals surface area (Å²) in [5.41, 5.74) is 0.847. The highest BCUT2D eigenvalue weighted by molar-refractivity contribution is 5.77. The van der Waals surface area contributed by atoms with E-state index in [1.54, 1.807) is 6.07 Å². The first-order valence-corrected chi connectivity index (χ1v) is 6.23. The van der Waals surface area contributed by atoms with E-state index in [4.69, 9.17) is 4.74 Å². The molecule has 1 N–H and O–H groups in total. The summed E-state index contributed by atoms with van der Waals surface area (Å²) >= 11 is 0. The molecule has 0 fully saturated rings. The van der Waals surface area contributed by atoms with Crippen molar-refractivity contribution in [2.24, 2.45) is 5.92 Å². The summed E-state index contributed by atoms with van der Waals surface area (Å²) < 4.78 is 18.7. The van der Waals surface area contributed by atoms with Crippen molar-refractivity contribution in [3.63, 3.8) is 0 Å². The minimum absolute atomic E-state index is 0.0152. The lowest BCUT2D eigenvalue weighted by Gasteiger charge is -2.09. The van der Waals surface area contributed by atoms with Crippen molar-refractivity contribution < 1.29 is 13.9 Å². The van der Waals surface area contributed by atoms with Gasteiger partial charge in [0.25, 0.3) is 0 Å². The summed E-state index contributed by atoms with van der Waals surface area (Å²) in [6.07, 6.45) is 0.613. The molecule has 1 rings (SSSR count). The van der Waals surface area contributed by atoms with Crippen LogP contribution in [0.4, 0.5) is 4.39 Å². The Morgan fingerprint density at radius 2 is 2.17 bits per heavy atom. The highest BCUT2D eigenvalue weighted by Crippen LogP contribution is 2.18. The van der Waals surface area contributed by atoms with Gasteiger partial charge in [0.15, 0.2) is 11.6 Å². The van der Waals surface area contributed by atoms with Crippen LogP contribution in [0.5, 0.6) is 5.75 Å². The number of rotatable bonds is 6. The third-order valence-corrected chi connectivity index (χ3v) is 2.53. The number of carbonyl (C=O) groups excluding carboxylic acids is 1. The van der Waals surface area contributed by atoms with Crippen LogP contribution in [-0.2, 0) is 11.2 Å². The summed E-state index contributed by atoms with van der Waals surface area (Å²) in [5, 5.41) is 2.80. The molecule has 0 saturated carbocycles. The third kappa shape index (κ3) is 4.35. The van der Waals surface area contributed by atoms with Gasteiger partial charge in [-0.15, -0.1) is 0 Å². The van der Waals surface area contributed by atoms with E-state index in [-0.39, 0.29) is 23.4 Å². The van der Waals surface area contributed by atoms with E-state index in [1.807, 2.05) is 26.8 Å². The molecule has 1 amide bonds. The maximum atomic E-state index is 13.5. The van der Waals surface area contributed by atoms with Gasteiger partial charge in [0.05, 0.1) is 6.61 Å². The summed E-state index contributed by atoms with van der Waals surface area (Å²) in [5.74, 6) is -0.0968. The molecule has 0 unspecified atom stereocenters. The van der Waals surface area contributed by atoms with Crippen molar-refractivity contribution in [1.82, 2.24) is 5.32 Å². The maximum Gasteiger partial charge on any atom is 0.222 e. The average Bonchev–Trinajstić information content (AvgIpc) is 2.32. The first-order valence-electron chi connectivity index (χ1n) is 6.23. The lowest BCUT2D eigenvalue weighted by atomic mass is 10.1. The van der Waals surface area contributed by atoms with Crippen molar-refractivity contribution >= 4 is 5.91 Å². The quantitative estimate of drug-likeness (QED) is 0.846. The molecule has 0 saturated heterocycles. The van der Waals surface area contributed by atoms with Crippen LogP contribution in [-0.4, -0.2) is 19.1 Å². The SMILES string of the molecule is CCOc1ccc(CCNC(=O)C(C)C)cc1F. The van der Waals surface area contributed by atoms with Crippen LogP contribution in [0.1, 0.15) is 26.3 Å². The van der Waals surface area contributed by atoms with Gasteiger partial charge in [0, 0.05) is 12.5 Å². The Bertz CT molecular complexity index is 405. The average molecular weight is 253 g/mol. The van der Waals surface area contributed by atoms with Gasteiger partial charge in [-0.2, -0.15) is 0 Å². The van der Waals surface area contributed by atoms with Crippen molar-refractivity contribution in [2.45, 2.75) is 27.2 Å². The smallest absolute Gasteiger partial charge is 0.222 e. The van der Waals surface area contributed by atoms with E-state index in [1.165, 1.54) is 6.07 Å². The van der Waals surface area contributed by atoms with Crippen LogP contribution in [0.15, 0.2) is 18.2 Å². The Labute approximate surface area is 107 Å². The lowest BCUT2D eigenvalue weighted by Crippen LogP contribution is -2.29. The molecule has 0 aliphatic heterocycles. The van der Waals surface area contributed by atoms with Crippen LogP contribution in [0.25, 0.3) is 0 Å². The van der Waals surface area contributed by atoms with Crippen LogP contribution >= 0.6 is 0 Å². The molecule has 3 nitrogen and oxygen atoms in total. The molecule has 0 aliphatic carbocycles. The van der Waals surface area contributed by atoms with E-state index in [0.29, 0.717) is 19.6 Å². The summed E-state index contributed by atoms with van der Waals surface area (Å²) in [6.45, 7) is 6.46. The summed E-state index contributed by atoms with van der Waals surface area (Å²) in [4.78, 5) is 11.3. The fourth-order valence-electron chi connectivity index (χ4n) is 1.51. The van der Waals surface area contributed by atoms with Crippen molar-refractivity contribution in [1.29, 1.82) is 0 Å². The largest absolute Gasteiger partial charge is 0.491 e. The molecule has 0 bridgehead atoms. The van der Waals surface area contributed by atoms with Crippen LogP contribution in [0.2, 0.25) is 0 Å². The molecule has 1 aromatic carbocycles. The molecule has 0 aromatic heterocycles. The number of ether oxygens (including phenoxy) is 1. The number of halogens is 1. The van der Waals surface area contributed by atoms with Crippen LogP contribution in [0.3, 0.4) is 0 Å². The highest BCUT2D eigenvalue weighted by Gasteiger charge is 2.07. The van der Waals surface area contributed by atoms with Gasteiger partial charge in [0.2, 0.25) is 5.91 Å². The Morgan fingerprint density at radius 1 is 1.44 bits per heavy atom. The van der Waals surface area contributed by atoms with Gasteiger partial charge in [-0.25, -0.2) is 4.39 Å². The molecular formula is C14H20FNO2. The fraction of sp³-hybridized carbons (Fsp3) is 0.500. The van der Waals surface area contributed by atoms with E-state index in [0.717, 1.165) is 5.56 Å². The topological polar surface area (TPSA) is 38.3 Å². The van der Waals surface area contributed by atoms with E-state index in [9.17, 15) is 9.18 Å². The van der Waals surface area contributed by atoms with Crippen LogP contribution < -0.4 is 10.1 Å². The Kier molecular flexibility index (Phi) is 5.62. The van der Waals surface area contributed by atoms with Crippen molar-refractivity contribution in [2.75, 3.05) is 13.2 Å². The summed E-state index contributed by atoms with van der Waals surface area (Å²) in [6, 6.07) is 4.89. The molecule has 4 heteroatoms. The van der Waals surface area contributed by atoms with Gasteiger partial charge in [0.1, 0.15) is 0 Å². The van der Waals surface area contributed by atoms with Gasteiger partial charge < -0.3 is 10.1 Å². The number of nitrogens with one attached hydrogen (secondary N) is 1. The third-order valence-electron chi connectivity index (χ3n) is 2.53. The summed E-state index contributed by atoms with van der Waals surface area (Å²) in [7, 11) is 0. The van der Waals surface area contributed by atoms with Crippen LogP contribution in [0, 0.1) is 11.7 Å². The molecule has 1 aromatic rings. The van der Waals surface area contributed by atoms with Gasteiger partial charge in [-0.3, -0.25) is 4.79 Å². The van der Waals surface area contributed by atoms with Crippen molar-refractivity contribution in [3.05, 3.63) is 29.6 Å². The van der Waals surface area contributed by atoms with E-state index < -0.39 is 0 Å². The standard InChI is InChI=1S/C14H20FNO2/c1-4-18-13-6-5-11(9-12(13)15)7-8-16-14(17)10(2)3/h5-6,9-10H,4,7-8H2,1-3H3,(H,16,17). The Balaban J connectivity index is 2.48. The lowest BCUT2D eigenvalue weighted by molar-refractivity contribution is -0.123. The minimum Gasteiger partial charge on any atom is -0.491 e. The van der Waals surface area contributed by atoms with Crippen molar-refractivity contribution in [3.8, 4) is 5.75 Å². The Morgan fingerprint density at radius 3 is 2.72 bits per heavy atom. The molecule has 0 atom stereocenters. The number of hydrogen-bond donors (Lipinski definition) is 1. The second-order valence-electron chi connectivity index (χ2n) is 4.39. The molecule has 0 heterocycles. The number of hydrogen-bond acceptors (Lipinski definition) is 2. The predicted octanol–water partition coefficient (Wildman–Crippen LogP) is 2.54. The molecule has 18 heavy (non-hydrogen) atoms. The number of amides is 1. The zero-order chi connectivity index (χ0) is 13.5. The number of carbonyl (C=O) groups is 1.